The minimum absolute atomic E-state index is 0.249. The van der Waals surface area contributed by atoms with Gasteiger partial charge in [0.2, 0.25) is 0 Å². The van der Waals surface area contributed by atoms with Crippen LogP contribution < -0.4 is 4.74 Å². The summed E-state index contributed by atoms with van der Waals surface area (Å²) < 4.78 is 76.0. The van der Waals surface area contributed by atoms with Gasteiger partial charge in [0.25, 0.3) is 12.3 Å². The Hall–Kier alpha value is -1.80. The van der Waals surface area contributed by atoms with Crippen LogP contribution in [0.4, 0.5) is 26.3 Å². The second-order valence-corrected chi connectivity index (χ2v) is 2.71. The topological polar surface area (TPSA) is 39.2 Å². The van der Waals surface area contributed by atoms with Crippen LogP contribution in [-0.4, -0.2) is 17.6 Å². The zero-order valence-electron chi connectivity index (χ0n) is 7.76. The summed E-state index contributed by atoms with van der Waals surface area (Å²) >= 11 is 0. The zero-order valence-corrected chi connectivity index (χ0v) is 7.76. The number of carbonyl (C=O) groups excluding carboxylic acids is 1. The monoisotopic (exact) mass is 259 g/mol. The standard InChI is InChI=1S/C8H3F6NO2/c9-5-4(2-16)3(6(10)11)1-15-7(5)17-8(12,13)14/h1-2,6H. The molecule has 1 heterocycles. The number of hydrogen-bond donors (Lipinski definition) is 0. The predicted octanol–water partition coefficient (Wildman–Crippen LogP) is 2.87. The molecule has 1 aromatic heterocycles. The molecule has 0 atom stereocenters. The number of pyridine rings is 1. The van der Waals surface area contributed by atoms with E-state index in [-0.39, 0.29) is 12.5 Å². The average Bonchev–Trinajstić information content (AvgIpc) is 2.18. The average molecular weight is 259 g/mol. The van der Waals surface area contributed by atoms with Gasteiger partial charge in [0.1, 0.15) is 0 Å². The Morgan fingerprint density at radius 3 is 2.35 bits per heavy atom. The summed E-state index contributed by atoms with van der Waals surface area (Å²) in [5, 5.41) is 0. The highest BCUT2D eigenvalue weighted by atomic mass is 19.4. The summed E-state index contributed by atoms with van der Waals surface area (Å²) in [6.45, 7) is 0. The highest BCUT2D eigenvalue weighted by molar-refractivity contribution is 5.78. The lowest BCUT2D eigenvalue weighted by Gasteiger charge is -2.11. The summed E-state index contributed by atoms with van der Waals surface area (Å²) in [5.41, 5.74) is -2.32. The van der Waals surface area contributed by atoms with Crippen molar-refractivity contribution in [2.75, 3.05) is 0 Å². The maximum absolute atomic E-state index is 13.2. The van der Waals surface area contributed by atoms with E-state index in [2.05, 4.69) is 9.72 Å². The first kappa shape index (κ1) is 13.3. The fraction of sp³-hybridized carbons (Fsp3) is 0.250. The zero-order chi connectivity index (χ0) is 13.2. The van der Waals surface area contributed by atoms with E-state index < -0.39 is 35.6 Å². The van der Waals surface area contributed by atoms with Crippen LogP contribution in [0.25, 0.3) is 0 Å². The van der Waals surface area contributed by atoms with E-state index in [4.69, 9.17) is 0 Å². The van der Waals surface area contributed by atoms with E-state index >= 15 is 0 Å². The molecule has 0 N–H and O–H groups in total. The molecule has 3 nitrogen and oxygen atoms in total. The van der Waals surface area contributed by atoms with Crippen molar-refractivity contribution in [2.24, 2.45) is 0 Å². The number of rotatable bonds is 3. The molecule has 0 aliphatic rings. The molecular weight excluding hydrogens is 256 g/mol. The van der Waals surface area contributed by atoms with Gasteiger partial charge < -0.3 is 4.74 Å². The van der Waals surface area contributed by atoms with Crippen molar-refractivity contribution in [1.29, 1.82) is 0 Å². The lowest BCUT2D eigenvalue weighted by atomic mass is 10.1. The molecule has 0 aromatic carbocycles. The van der Waals surface area contributed by atoms with Gasteiger partial charge in [-0.15, -0.1) is 13.2 Å². The Bertz CT molecular complexity index is 431. The molecule has 0 saturated heterocycles. The second kappa shape index (κ2) is 4.60. The lowest BCUT2D eigenvalue weighted by Crippen LogP contribution is -2.19. The Kier molecular flexibility index (Phi) is 3.59. The first-order valence-corrected chi connectivity index (χ1v) is 3.93. The van der Waals surface area contributed by atoms with Crippen LogP contribution in [0.3, 0.4) is 0 Å². The Labute approximate surface area is 90.0 Å². The molecule has 0 amide bonds. The van der Waals surface area contributed by atoms with Gasteiger partial charge >= 0.3 is 6.36 Å². The smallest absolute Gasteiger partial charge is 0.385 e. The lowest BCUT2D eigenvalue weighted by molar-refractivity contribution is -0.277. The van der Waals surface area contributed by atoms with Crippen molar-refractivity contribution in [2.45, 2.75) is 12.8 Å². The van der Waals surface area contributed by atoms with Crippen molar-refractivity contribution >= 4 is 6.29 Å². The fourth-order valence-electron chi connectivity index (χ4n) is 0.971. The molecule has 0 saturated carbocycles. The fourth-order valence-corrected chi connectivity index (χ4v) is 0.971. The number of carbonyl (C=O) groups is 1. The normalized spacial score (nSPS) is 11.7. The van der Waals surface area contributed by atoms with Gasteiger partial charge in [0, 0.05) is 11.8 Å². The summed E-state index contributed by atoms with van der Waals surface area (Å²) in [6, 6.07) is 0. The summed E-state index contributed by atoms with van der Waals surface area (Å²) in [5.74, 6) is -3.46. The molecule has 1 rings (SSSR count). The van der Waals surface area contributed by atoms with Crippen LogP contribution >= 0.6 is 0 Å². The number of nitrogens with zero attached hydrogens (tertiary/aromatic N) is 1. The van der Waals surface area contributed by atoms with E-state index in [0.717, 1.165) is 0 Å². The quantitative estimate of drug-likeness (QED) is 0.618. The Morgan fingerprint density at radius 1 is 1.35 bits per heavy atom. The third-order valence-electron chi connectivity index (χ3n) is 1.62. The first-order valence-electron chi connectivity index (χ1n) is 3.93. The Morgan fingerprint density at radius 2 is 1.94 bits per heavy atom. The van der Waals surface area contributed by atoms with Crippen LogP contribution in [-0.2, 0) is 0 Å². The molecule has 0 aliphatic heterocycles. The number of hydrogen-bond acceptors (Lipinski definition) is 3. The molecule has 9 heteroatoms. The van der Waals surface area contributed by atoms with Gasteiger partial charge in [0.15, 0.2) is 12.1 Å². The van der Waals surface area contributed by atoms with Gasteiger partial charge in [-0.25, -0.2) is 18.2 Å². The minimum Gasteiger partial charge on any atom is -0.385 e. The predicted molar refractivity (Wildman–Crippen MR) is 41.2 cm³/mol. The SMILES string of the molecule is O=Cc1c(C(F)F)cnc(OC(F)(F)F)c1F. The maximum atomic E-state index is 13.2. The number of alkyl halides is 5. The van der Waals surface area contributed by atoms with E-state index in [1.165, 1.54) is 0 Å². The Balaban J connectivity index is 3.25. The van der Waals surface area contributed by atoms with E-state index in [1.54, 1.807) is 0 Å². The van der Waals surface area contributed by atoms with Gasteiger partial charge in [-0.05, 0) is 0 Å². The number of aldehydes is 1. The van der Waals surface area contributed by atoms with Crippen LogP contribution in [0, 0.1) is 5.82 Å². The third-order valence-corrected chi connectivity index (χ3v) is 1.62. The summed E-state index contributed by atoms with van der Waals surface area (Å²) in [7, 11) is 0. The first-order chi connectivity index (χ1) is 7.76. The largest absolute Gasteiger partial charge is 0.574 e. The second-order valence-electron chi connectivity index (χ2n) is 2.71. The summed E-state index contributed by atoms with van der Waals surface area (Å²) in [6.07, 6.45) is -8.56. The minimum atomic E-state index is -5.24. The molecule has 0 bridgehead atoms. The van der Waals surface area contributed by atoms with Gasteiger partial charge in [0.05, 0.1) is 5.56 Å². The number of halogens is 6. The third kappa shape index (κ3) is 3.08. The van der Waals surface area contributed by atoms with Crippen molar-refractivity contribution in [1.82, 2.24) is 4.98 Å². The van der Waals surface area contributed by atoms with E-state index in [9.17, 15) is 31.1 Å². The van der Waals surface area contributed by atoms with Gasteiger partial charge in [-0.3, -0.25) is 4.79 Å². The highest BCUT2D eigenvalue weighted by Gasteiger charge is 2.34. The van der Waals surface area contributed by atoms with Crippen molar-refractivity contribution in [3.63, 3.8) is 0 Å². The van der Waals surface area contributed by atoms with Gasteiger partial charge in [-0.1, -0.05) is 0 Å². The van der Waals surface area contributed by atoms with Crippen molar-refractivity contribution in [3.05, 3.63) is 23.1 Å². The summed E-state index contributed by atoms with van der Waals surface area (Å²) in [4.78, 5) is 13.1. The molecular formula is C8H3F6NO2. The molecule has 17 heavy (non-hydrogen) atoms. The van der Waals surface area contributed by atoms with Crippen LogP contribution in [0.2, 0.25) is 0 Å². The van der Waals surface area contributed by atoms with E-state index in [1.807, 2.05) is 0 Å². The molecule has 0 fully saturated rings. The van der Waals surface area contributed by atoms with Crippen molar-refractivity contribution in [3.8, 4) is 5.88 Å². The van der Waals surface area contributed by atoms with Crippen molar-refractivity contribution < 1.29 is 35.9 Å². The van der Waals surface area contributed by atoms with Crippen LogP contribution in [0.5, 0.6) is 5.88 Å². The molecule has 0 spiro atoms. The van der Waals surface area contributed by atoms with E-state index in [0.29, 0.717) is 0 Å². The molecule has 94 valence electrons. The van der Waals surface area contributed by atoms with Crippen LogP contribution in [0.1, 0.15) is 22.3 Å². The van der Waals surface area contributed by atoms with Crippen LogP contribution in [0.15, 0.2) is 6.20 Å². The molecule has 1 aromatic rings. The highest BCUT2D eigenvalue weighted by Crippen LogP contribution is 2.29. The molecule has 0 radical (unpaired) electrons. The number of ether oxygens (including phenoxy) is 1. The molecule has 0 aliphatic carbocycles. The molecule has 0 unspecified atom stereocenters. The van der Waals surface area contributed by atoms with Gasteiger partial charge in [-0.2, -0.15) is 0 Å². The maximum Gasteiger partial charge on any atom is 0.574 e. The number of aromatic nitrogens is 1.